The van der Waals surface area contributed by atoms with Crippen LogP contribution in [0.15, 0.2) is 42.5 Å². The van der Waals surface area contributed by atoms with Crippen LogP contribution in [0.25, 0.3) is 0 Å². The van der Waals surface area contributed by atoms with Crippen molar-refractivity contribution in [3.05, 3.63) is 58.1 Å². The van der Waals surface area contributed by atoms with Crippen molar-refractivity contribution in [2.45, 2.75) is 0 Å². The molecule has 0 aromatic heterocycles. The predicted molar refractivity (Wildman–Crippen MR) is 91.6 cm³/mol. The number of benzene rings is 2. The molecule has 0 saturated heterocycles. The zero-order chi connectivity index (χ0) is 17.4. The van der Waals surface area contributed by atoms with Crippen LogP contribution < -0.4 is 14.8 Å². The molecule has 0 aliphatic carbocycles. The van der Waals surface area contributed by atoms with Crippen molar-refractivity contribution in [1.82, 2.24) is 5.32 Å². The number of halogens is 2. The Kier molecular flexibility index (Phi) is 6.74. The fraction of sp³-hybridized carbons (Fsp3) is 0.176. The minimum Gasteiger partial charge on any atom is -0.492 e. The Labute approximate surface area is 149 Å². The summed E-state index contributed by atoms with van der Waals surface area (Å²) in [6.45, 7) is 0.490. The van der Waals surface area contributed by atoms with E-state index in [1.54, 1.807) is 36.4 Å². The molecule has 0 unspecified atom stereocenters. The van der Waals surface area contributed by atoms with E-state index < -0.39 is 0 Å². The number of nitriles is 1. The molecule has 1 amide bonds. The number of hydrogen-bond donors (Lipinski definition) is 1. The molecule has 0 fully saturated rings. The summed E-state index contributed by atoms with van der Waals surface area (Å²) in [5.74, 6) is 0.729. The predicted octanol–water partition coefficient (Wildman–Crippen LogP) is 3.44. The largest absolute Gasteiger partial charge is 0.492 e. The van der Waals surface area contributed by atoms with E-state index in [0.29, 0.717) is 35.2 Å². The number of ether oxygens (including phenoxy) is 2. The van der Waals surface area contributed by atoms with Crippen molar-refractivity contribution in [3.8, 4) is 17.6 Å². The SMILES string of the molecule is N#Cc1ccc(OCC(=O)NCCOc2ccc(Cl)cc2)c(Cl)c1. The van der Waals surface area contributed by atoms with Gasteiger partial charge in [0.15, 0.2) is 6.61 Å². The molecule has 2 aromatic rings. The molecule has 0 saturated carbocycles. The first-order valence-electron chi connectivity index (χ1n) is 7.06. The van der Waals surface area contributed by atoms with Gasteiger partial charge in [-0.25, -0.2) is 0 Å². The summed E-state index contributed by atoms with van der Waals surface area (Å²) in [5, 5.41) is 12.3. The Morgan fingerprint density at radius 2 is 1.88 bits per heavy atom. The monoisotopic (exact) mass is 364 g/mol. The van der Waals surface area contributed by atoms with Gasteiger partial charge in [0.25, 0.3) is 5.91 Å². The minimum absolute atomic E-state index is 0.174. The maximum atomic E-state index is 11.7. The lowest BCUT2D eigenvalue weighted by molar-refractivity contribution is -0.123. The Morgan fingerprint density at radius 3 is 2.54 bits per heavy atom. The van der Waals surface area contributed by atoms with Crippen LogP contribution in [0.4, 0.5) is 0 Å². The fourth-order valence-electron chi connectivity index (χ4n) is 1.77. The van der Waals surface area contributed by atoms with Crippen LogP contribution in [-0.4, -0.2) is 25.7 Å². The highest BCUT2D eigenvalue weighted by atomic mass is 35.5. The van der Waals surface area contributed by atoms with Crippen molar-refractivity contribution >= 4 is 29.1 Å². The van der Waals surface area contributed by atoms with Crippen molar-refractivity contribution in [3.63, 3.8) is 0 Å². The number of hydrogen-bond acceptors (Lipinski definition) is 4. The van der Waals surface area contributed by atoms with E-state index in [2.05, 4.69) is 5.32 Å². The topological polar surface area (TPSA) is 71.3 Å². The fourth-order valence-corrected chi connectivity index (χ4v) is 2.13. The van der Waals surface area contributed by atoms with Crippen molar-refractivity contribution in [2.24, 2.45) is 0 Å². The van der Waals surface area contributed by atoms with Crippen LogP contribution >= 0.6 is 23.2 Å². The average molecular weight is 365 g/mol. The van der Waals surface area contributed by atoms with Crippen molar-refractivity contribution in [2.75, 3.05) is 19.8 Å². The Morgan fingerprint density at radius 1 is 1.12 bits per heavy atom. The lowest BCUT2D eigenvalue weighted by Gasteiger charge is -2.10. The third-order valence-corrected chi connectivity index (χ3v) is 3.47. The summed E-state index contributed by atoms with van der Waals surface area (Å²) in [7, 11) is 0. The number of rotatable bonds is 7. The van der Waals surface area contributed by atoms with Crippen LogP contribution in [-0.2, 0) is 4.79 Å². The first kappa shape index (κ1) is 17.9. The molecule has 124 valence electrons. The van der Waals surface area contributed by atoms with E-state index in [4.69, 9.17) is 37.9 Å². The summed E-state index contributed by atoms with van der Waals surface area (Å²) in [4.78, 5) is 11.7. The summed E-state index contributed by atoms with van der Waals surface area (Å²) in [5.41, 5.74) is 0.427. The van der Waals surface area contributed by atoms with Gasteiger partial charge in [-0.15, -0.1) is 0 Å². The second-order valence-electron chi connectivity index (χ2n) is 4.70. The molecule has 0 spiro atoms. The Bertz CT molecular complexity index is 742. The highest BCUT2D eigenvalue weighted by Gasteiger charge is 2.06. The van der Waals surface area contributed by atoms with E-state index in [9.17, 15) is 4.79 Å². The Balaban J connectivity index is 1.68. The van der Waals surface area contributed by atoms with Gasteiger partial charge in [0.1, 0.15) is 18.1 Å². The second kappa shape index (κ2) is 9.02. The number of carbonyl (C=O) groups is 1. The summed E-state index contributed by atoms with van der Waals surface area (Å²) >= 11 is 11.7. The highest BCUT2D eigenvalue weighted by molar-refractivity contribution is 6.32. The summed E-state index contributed by atoms with van der Waals surface area (Å²) < 4.78 is 10.8. The zero-order valence-electron chi connectivity index (χ0n) is 12.6. The average Bonchev–Trinajstić information content (AvgIpc) is 2.59. The van der Waals surface area contributed by atoms with E-state index in [0.717, 1.165) is 0 Å². The maximum absolute atomic E-state index is 11.7. The molecule has 2 rings (SSSR count). The van der Waals surface area contributed by atoms with Gasteiger partial charge in [-0.1, -0.05) is 23.2 Å². The molecule has 5 nitrogen and oxygen atoms in total. The van der Waals surface area contributed by atoms with Crippen molar-refractivity contribution in [1.29, 1.82) is 5.26 Å². The molecule has 0 aliphatic rings. The minimum atomic E-state index is -0.296. The zero-order valence-corrected chi connectivity index (χ0v) is 14.1. The molecule has 0 aliphatic heterocycles. The van der Waals surface area contributed by atoms with E-state index in [-0.39, 0.29) is 17.5 Å². The smallest absolute Gasteiger partial charge is 0.258 e. The van der Waals surface area contributed by atoms with Crippen LogP contribution in [0.5, 0.6) is 11.5 Å². The molecule has 1 N–H and O–H groups in total. The Hall–Kier alpha value is -2.42. The van der Waals surface area contributed by atoms with Crippen molar-refractivity contribution < 1.29 is 14.3 Å². The standard InChI is InChI=1S/C17H14Cl2N2O3/c18-13-2-4-14(5-3-13)23-8-7-21-17(22)11-24-16-6-1-12(10-20)9-15(16)19/h1-6,9H,7-8,11H2,(H,21,22). The quantitative estimate of drug-likeness (QED) is 0.763. The van der Waals surface area contributed by atoms with Crippen LogP contribution in [0.2, 0.25) is 10.0 Å². The normalized spacial score (nSPS) is 9.88. The summed E-state index contributed by atoms with van der Waals surface area (Å²) in [6.07, 6.45) is 0. The highest BCUT2D eigenvalue weighted by Crippen LogP contribution is 2.25. The first-order valence-corrected chi connectivity index (χ1v) is 7.81. The van der Waals surface area contributed by atoms with Crippen LogP contribution in [0, 0.1) is 11.3 Å². The molecule has 2 aromatic carbocycles. The van der Waals surface area contributed by atoms with Gasteiger partial charge in [0.2, 0.25) is 0 Å². The van der Waals surface area contributed by atoms with Gasteiger partial charge in [0.05, 0.1) is 23.2 Å². The molecule has 7 heteroatoms. The number of nitrogens with one attached hydrogen (secondary N) is 1. The third kappa shape index (κ3) is 5.65. The molecular weight excluding hydrogens is 351 g/mol. The van der Waals surface area contributed by atoms with Gasteiger partial charge >= 0.3 is 0 Å². The van der Waals surface area contributed by atoms with Gasteiger partial charge in [0, 0.05) is 5.02 Å². The number of carbonyl (C=O) groups excluding carboxylic acids is 1. The molecule has 0 atom stereocenters. The van der Waals surface area contributed by atoms with Gasteiger partial charge in [-0.2, -0.15) is 5.26 Å². The number of nitrogens with zero attached hydrogens (tertiary/aromatic N) is 1. The molecule has 0 bridgehead atoms. The van der Waals surface area contributed by atoms with Gasteiger partial charge < -0.3 is 14.8 Å². The molecule has 0 heterocycles. The second-order valence-corrected chi connectivity index (χ2v) is 5.54. The molecule has 0 radical (unpaired) electrons. The van der Waals surface area contributed by atoms with Gasteiger partial charge in [-0.05, 0) is 42.5 Å². The molecular formula is C17H14Cl2N2O3. The lowest BCUT2D eigenvalue weighted by atomic mass is 10.2. The third-order valence-electron chi connectivity index (χ3n) is 2.93. The van der Waals surface area contributed by atoms with E-state index in [1.165, 1.54) is 6.07 Å². The lowest BCUT2D eigenvalue weighted by Crippen LogP contribution is -2.32. The first-order chi connectivity index (χ1) is 11.6. The van der Waals surface area contributed by atoms with Crippen LogP contribution in [0.3, 0.4) is 0 Å². The summed E-state index contributed by atoms with van der Waals surface area (Å²) in [6, 6.07) is 13.5. The molecule has 24 heavy (non-hydrogen) atoms. The van der Waals surface area contributed by atoms with E-state index >= 15 is 0 Å². The van der Waals surface area contributed by atoms with E-state index in [1.807, 2.05) is 6.07 Å². The van der Waals surface area contributed by atoms with Gasteiger partial charge in [-0.3, -0.25) is 4.79 Å². The van der Waals surface area contributed by atoms with Crippen LogP contribution in [0.1, 0.15) is 5.56 Å². The maximum Gasteiger partial charge on any atom is 0.258 e. The number of amides is 1.